The molecular formula is C13H19N7O2. The van der Waals surface area contributed by atoms with Gasteiger partial charge in [-0.2, -0.15) is 4.98 Å². The Kier molecular flexibility index (Phi) is 3.55. The largest absolute Gasteiger partial charge is 0.332 e. The van der Waals surface area contributed by atoms with E-state index in [1.807, 2.05) is 5.01 Å². The van der Waals surface area contributed by atoms with E-state index in [0.29, 0.717) is 6.04 Å². The summed E-state index contributed by atoms with van der Waals surface area (Å²) in [5.74, 6) is 0.228. The Bertz CT molecular complexity index is 844. The van der Waals surface area contributed by atoms with Crippen molar-refractivity contribution in [2.45, 2.75) is 32.2 Å². The number of imidazole rings is 1. The molecule has 0 bridgehead atoms. The summed E-state index contributed by atoms with van der Waals surface area (Å²) in [5, 5.41) is 10.2. The first-order valence-corrected chi connectivity index (χ1v) is 7.33. The summed E-state index contributed by atoms with van der Waals surface area (Å²) in [6, 6.07) is 0.346. The second-order valence-electron chi connectivity index (χ2n) is 5.66. The molecule has 1 fully saturated rings. The Morgan fingerprint density at radius 1 is 1.23 bits per heavy atom. The molecule has 1 aliphatic heterocycles. The highest BCUT2D eigenvalue weighted by Gasteiger charge is 2.17. The minimum Gasteiger partial charge on any atom is -0.315 e. The molecule has 3 rings (SSSR count). The van der Waals surface area contributed by atoms with Gasteiger partial charge in [0.15, 0.2) is 11.2 Å². The summed E-state index contributed by atoms with van der Waals surface area (Å²) in [5.41, 5.74) is -0.297. The van der Waals surface area contributed by atoms with Crippen molar-refractivity contribution in [1.82, 2.24) is 24.1 Å². The van der Waals surface area contributed by atoms with Crippen LogP contribution in [0.2, 0.25) is 0 Å². The van der Waals surface area contributed by atoms with E-state index < -0.39 is 11.2 Å². The number of hydrogen-bond donors (Lipinski definition) is 1. The first-order valence-electron chi connectivity index (χ1n) is 7.33. The molecule has 2 aromatic rings. The first-order chi connectivity index (χ1) is 10.5. The third kappa shape index (κ3) is 2.32. The van der Waals surface area contributed by atoms with Gasteiger partial charge in [-0.05, 0) is 26.2 Å². The molecule has 1 atom stereocenters. The first kappa shape index (κ1) is 14.5. The lowest BCUT2D eigenvalue weighted by Crippen LogP contribution is -2.36. The molecule has 1 N–H and O–H groups in total. The van der Waals surface area contributed by atoms with Crippen molar-refractivity contribution in [2.75, 3.05) is 6.54 Å². The number of nitrogens with zero attached hydrogens (tertiary/aromatic N) is 6. The second kappa shape index (κ2) is 5.39. The van der Waals surface area contributed by atoms with Crippen LogP contribution in [0, 0.1) is 0 Å². The second-order valence-corrected chi connectivity index (χ2v) is 5.66. The summed E-state index contributed by atoms with van der Waals surface area (Å²) in [7, 11) is 3.00. The highest BCUT2D eigenvalue weighted by molar-refractivity contribution is 5.71. The number of rotatable bonds is 2. The fourth-order valence-electron chi connectivity index (χ4n) is 2.68. The minimum absolute atomic E-state index is 0.228. The number of fused-ring (bicyclic) bond motifs is 1. The van der Waals surface area contributed by atoms with E-state index in [4.69, 9.17) is 0 Å². The third-order valence-corrected chi connectivity index (χ3v) is 4.10. The molecule has 1 saturated heterocycles. The lowest BCUT2D eigenvalue weighted by Gasteiger charge is -2.29. The van der Waals surface area contributed by atoms with Crippen LogP contribution < -0.4 is 11.2 Å². The Labute approximate surface area is 126 Å². The number of aromatic amines is 1. The molecule has 22 heavy (non-hydrogen) atoms. The number of piperidine rings is 1. The van der Waals surface area contributed by atoms with Gasteiger partial charge in [-0.3, -0.25) is 18.9 Å². The van der Waals surface area contributed by atoms with Crippen LogP contribution in [0.15, 0.2) is 19.9 Å². The van der Waals surface area contributed by atoms with Crippen molar-refractivity contribution in [2.24, 2.45) is 24.4 Å². The lowest BCUT2D eigenvalue weighted by molar-refractivity contribution is 0.155. The van der Waals surface area contributed by atoms with E-state index in [2.05, 4.69) is 27.2 Å². The highest BCUT2D eigenvalue weighted by atomic mass is 16.2. The van der Waals surface area contributed by atoms with Crippen LogP contribution in [-0.4, -0.2) is 36.7 Å². The fourth-order valence-corrected chi connectivity index (χ4v) is 2.68. The van der Waals surface area contributed by atoms with E-state index in [9.17, 15) is 9.59 Å². The van der Waals surface area contributed by atoms with Crippen molar-refractivity contribution in [3.05, 3.63) is 20.8 Å². The Morgan fingerprint density at radius 2 is 2.00 bits per heavy atom. The van der Waals surface area contributed by atoms with Gasteiger partial charge in [0.1, 0.15) is 0 Å². The maximum Gasteiger partial charge on any atom is 0.332 e. The zero-order valence-corrected chi connectivity index (χ0v) is 12.9. The van der Waals surface area contributed by atoms with Crippen LogP contribution >= 0.6 is 0 Å². The number of aryl methyl sites for hydroxylation is 1. The maximum absolute atomic E-state index is 12.1. The molecule has 0 radical (unpaired) electrons. The molecule has 2 aromatic heterocycles. The van der Waals surface area contributed by atoms with Gasteiger partial charge in [-0.15, -0.1) is 0 Å². The molecule has 0 saturated carbocycles. The van der Waals surface area contributed by atoms with E-state index >= 15 is 0 Å². The van der Waals surface area contributed by atoms with Crippen molar-refractivity contribution >= 4 is 17.1 Å². The van der Waals surface area contributed by atoms with Gasteiger partial charge < -0.3 is 4.98 Å². The van der Waals surface area contributed by atoms with Crippen molar-refractivity contribution in [3.63, 3.8) is 0 Å². The van der Waals surface area contributed by atoms with Crippen molar-refractivity contribution < 1.29 is 0 Å². The summed E-state index contributed by atoms with van der Waals surface area (Å²) in [6.07, 6.45) is 3.39. The maximum atomic E-state index is 12.1. The molecule has 3 heterocycles. The predicted octanol–water partition coefficient (Wildman–Crippen LogP) is 0.833. The average Bonchev–Trinajstić information content (AvgIpc) is 2.94. The summed E-state index contributed by atoms with van der Waals surface area (Å²) in [6.45, 7) is 2.97. The molecule has 9 heteroatoms. The van der Waals surface area contributed by atoms with Crippen LogP contribution in [0.3, 0.4) is 0 Å². The smallest absolute Gasteiger partial charge is 0.315 e. The van der Waals surface area contributed by atoms with Crippen LogP contribution in [0.5, 0.6) is 0 Å². The molecule has 0 aliphatic carbocycles. The number of nitrogens with one attached hydrogen (secondary N) is 1. The van der Waals surface area contributed by atoms with Crippen molar-refractivity contribution in [3.8, 4) is 0 Å². The molecule has 0 spiro atoms. The van der Waals surface area contributed by atoms with Gasteiger partial charge in [0.2, 0.25) is 0 Å². The van der Waals surface area contributed by atoms with Crippen LogP contribution in [0.4, 0.5) is 5.95 Å². The summed E-state index contributed by atoms with van der Waals surface area (Å²) in [4.78, 5) is 31.0. The van der Waals surface area contributed by atoms with Crippen LogP contribution in [-0.2, 0) is 14.1 Å². The monoisotopic (exact) mass is 305 g/mol. The molecule has 118 valence electrons. The standard InChI is InChI=1S/C13H19N7O2/c1-8-6-4-5-7-20(8)17-16-12-14-9-10(15-12)18(2)13(22)19(3)11(9)21/h8H,4-7H2,1-3H3,(H,14,15)/b17-16+. The van der Waals surface area contributed by atoms with Gasteiger partial charge in [-0.1, -0.05) is 10.3 Å². The summed E-state index contributed by atoms with van der Waals surface area (Å²) >= 11 is 0. The fraction of sp³-hybridized carbons (Fsp3) is 0.615. The number of H-pyrrole nitrogens is 1. The van der Waals surface area contributed by atoms with Gasteiger partial charge >= 0.3 is 5.69 Å². The van der Waals surface area contributed by atoms with E-state index in [-0.39, 0.29) is 17.1 Å². The number of aromatic nitrogens is 4. The van der Waals surface area contributed by atoms with Gasteiger partial charge in [-0.25, -0.2) is 4.79 Å². The highest BCUT2D eigenvalue weighted by Crippen LogP contribution is 2.18. The van der Waals surface area contributed by atoms with Crippen LogP contribution in [0.1, 0.15) is 26.2 Å². The van der Waals surface area contributed by atoms with Crippen molar-refractivity contribution in [1.29, 1.82) is 0 Å². The molecule has 0 aromatic carbocycles. The topological polar surface area (TPSA) is 101 Å². The molecule has 1 aliphatic rings. The average molecular weight is 305 g/mol. The Balaban J connectivity index is 1.99. The normalized spacial score (nSPS) is 19.4. The SMILES string of the molecule is CC1CCCCN1/N=N/c1nc2c([nH]1)c(=O)n(C)c(=O)n2C. The summed E-state index contributed by atoms with van der Waals surface area (Å²) < 4.78 is 2.35. The zero-order chi connectivity index (χ0) is 15.9. The quantitative estimate of drug-likeness (QED) is 0.830. The van der Waals surface area contributed by atoms with Gasteiger partial charge in [0, 0.05) is 26.7 Å². The molecule has 9 nitrogen and oxygen atoms in total. The Morgan fingerprint density at radius 3 is 2.73 bits per heavy atom. The van der Waals surface area contributed by atoms with E-state index in [1.165, 1.54) is 18.0 Å². The molecular weight excluding hydrogens is 286 g/mol. The predicted molar refractivity (Wildman–Crippen MR) is 81.1 cm³/mol. The molecule has 0 amide bonds. The van der Waals surface area contributed by atoms with Gasteiger partial charge in [0.05, 0.1) is 0 Å². The third-order valence-electron chi connectivity index (χ3n) is 4.10. The number of hydrogen-bond acceptors (Lipinski definition) is 5. The lowest BCUT2D eigenvalue weighted by atomic mass is 10.1. The Hall–Kier alpha value is -2.45. The van der Waals surface area contributed by atoms with E-state index in [0.717, 1.165) is 24.0 Å². The molecule has 1 unspecified atom stereocenters. The minimum atomic E-state index is -0.419. The van der Waals surface area contributed by atoms with Crippen LogP contribution in [0.25, 0.3) is 11.2 Å². The zero-order valence-electron chi connectivity index (χ0n) is 12.9. The van der Waals surface area contributed by atoms with Gasteiger partial charge in [0.25, 0.3) is 11.5 Å². The van der Waals surface area contributed by atoms with E-state index in [1.54, 1.807) is 7.05 Å².